The molecule has 1 heterocycles. The number of thiophene rings is 1. The Morgan fingerprint density at radius 2 is 2.10 bits per heavy atom. The first-order valence-corrected chi connectivity index (χ1v) is 7.97. The van der Waals surface area contributed by atoms with Crippen LogP contribution in [0.2, 0.25) is 0 Å². The third kappa shape index (κ3) is 3.35. The predicted molar refractivity (Wildman–Crippen MR) is 88.0 cm³/mol. The third-order valence-corrected chi connectivity index (χ3v) is 5.49. The van der Waals surface area contributed by atoms with Crippen molar-refractivity contribution in [3.05, 3.63) is 21.4 Å². The first kappa shape index (κ1) is 17.5. The highest BCUT2D eigenvalue weighted by molar-refractivity contribution is 7.10. The van der Waals surface area contributed by atoms with Crippen molar-refractivity contribution in [3.8, 4) is 0 Å². The van der Waals surface area contributed by atoms with Crippen LogP contribution in [0.15, 0.2) is 5.38 Å². The normalized spacial score (nSPS) is 17.1. The van der Waals surface area contributed by atoms with Crippen LogP contribution in [0.25, 0.3) is 0 Å². The average molecular weight is 317 g/mol. The van der Waals surface area contributed by atoms with Crippen molar-refractivity contribution in [3.63, 3.8) is 0 Å². The van der Waals surface area contributed by atoms with Gasteiger partial charge in [-0.05, 0) is 44.1 Å². The summed E-state index contributed by atoms with van der Waals surface area (Å²) in [7, 11) is 0. The number of hydrogen-bond acceptors (Lipinski definition) is 3. The molecule has 20 heavy (non-hydrogen) atoms. The molecule has 3 nitrogen and oxygen atoms in total. The molecule has 3 N–H and O–H groups in total. The van der Waals surface area contributed by atoms with Crippen LogP contribution in [-0.4, -0.2) is 18.0 Å². The number of amides is 1. The number of fused-ring (bicyclic) bond motifs is 1. The molecule has 1 aromatic heterocycles. The summed E-state index contributed by atoms with van der Waals surface area (Å²) in [5, 5.41) is 5.15. The van der Waals surface area contributed by atoms with Crippen LogP contribution >= 0.6 is 23.7 Å². The number of carbonyl (C=O) groups is 1. The predicted octanol–water partition coefficient (Wildman–Crippen LogP) is 3.15. The number of rotatable bonds is 4. The first-order valence-electron chi connectivity index (χ1n) is 7.09. The van der Waals surface area contributed by atoms with Crippen molar-refractivity contribution < 1.29 is 4.79 Å². The lowest BCUT2D eigenvalue weighted by Crippen LogP contribution is -2.55. The van der Waals surface area contributed by atoms with Crippen LogP contribution in [0.4, 0.5) is 0 Å². The fourth-order valence-electron chi connectivity index (χ4n) is 2.44. The van der Waals surface area contributed by atoms with E-state index in [-0.39, 0.29) is 23.9 Å². The lowest BCUT2D eigenvalue weighted by molar-refractivity contribution is 0.0882. The van der Waals surface area contributed by atoms with E-state index in [0.29, 0.717) is 12.5 Å². The van der Waals surface area contributed by atoms with Crippen LogP contribution < -0.4 is 11.1 Å². The minimum Gasteiger partial charge on any atom is -0.345 e. The fourth-order valence-corrected chi connectivity index (χ4v) is 3.57. The molecular formula is C15H25ClN2OS. The Labute approximate surface area is 131 Å². The summed E-state index contributed by atoms with van der Waals surface area (Å²) in [4.78, 5) is 13.9. The Hall–Kier alpha value is -0.580. The van der Waals surface area contributed by atoms with Gasteiger partial charge in [0.25, 0.3) is 5.91 Å². The van der Waals surface area contributed by atoms with Crippen molar-refractivity contribution >= 4 is 29.7 Å². The van der Waals surface area contributed by atoms with Crippen LogP contribution in [0.5, 0.6) is 0 Å². The molecule has 114 valence electrons. The molecule has 1 aliphatic rings. The lowest BCUT2D eigenvalue weighted by atomic mass is 9.87. The minimum atomic E-state index is -0.333. The highest BCUT2D eigenvalue weighted by Crippen LogP contribution is 2.30. The molecule has 1 unspecified atom stereocenters. The summed E-state index contributed by atoms with van der Waals surface area (Å²) in [5.41, 5.74) is 7.65. The molecule has 0 spiro atoms. The van der Waals surface area contributed by atoms with E-state index in [1.807, 2.05) is 12.3 Å². The molecule has 1 atom stereocenters. The number of hydrogen-bond donors (Lipinski definition) is 2. The second-order valence-corrected chi connectivity index (χ2v) is 6.95. The zero-order chi connectivity index (χ0) is 14.0. The van der Waals surface area contributed by atoms with E-state index in [4.69, 9.17) is 5.73 Å². The summed E-state index contributed by atoms with van der Waals surface area (Å²) in [6.45, 7) is 6.67. The summed E-state index contributed by atoms with van der Waals surface area (Å²) in [6, 6.07) is 0. The molecule has 0 aliphatic heterocycles. The van der Waals surface area contributed by atoms with Gasteiger partial charge in [0.1, 0.15) is 0 Å². The van der Waals surface area contributed by atoms with Gasteiger partial charge in [-0.3, -0.25) is 4.79 Å². The van der Waals surface area contributed by atoms with Crippen LogP contribution in [0.1, 0.15) is 54.4 Å². The second-order valence-electron chi connectivity index (χ2n) is 5.99. The summed E-state index contributed by atoms with van der Waals surface area (Å²) < 4.78 is 0. The van der Waals surface area contributed by atoms with E-state index < -0.39 is 0 Å². The molecule has 2 rings (SSSR count). The second kappa shape index (κ2) is 6.92. The Morgan fingerprint density at radius 1 is 1.45 bits per heavy atom. The quantitative estimate of drug-likeness (QED) is 0.896. The van der Waals surface area contributed by atoms with Crippen molar-refractivity contribution in [2.45, 2.75) is 52.0 Å². The van der Waals surface area contributed by atoms with Crippen LogP contribution in [-0.2, 0) is 12.8 Å². The van der Waals surface area contributed by atoms with E-state index in [1.54, 1.807) is 11.3 Å². The van der Waals surface area contributed by atoms with Gasteiger partial charge >= 0.3 is 0 Å². The van der Waals surface area contributed by atoms with Gasteiger partial charge < -0.3 is 11.1 Å². The molecule has 0 bridgehead atoms. The molecule has 0 fully saturated rings. The van der Waals surface area contributed by atoms with Crippen LogP contribution in [0.3, 0.4) is 0 Å². The molecule has 1 aromatic rings. The maximum absolute atomic E-state index is 12.5. The van der Waals surface area contributed by atoms with E-state index in [2.05, 4.69) is 19.2 Å². The van der Waals surface area contributed by atoms with Crippen molar-refractivity contribution in [1.82, 2.24) is 5.32 Å². The maximum Gasteiger partial charge on any atom is 0.252 e. The number of nitrogens with two attached hydrogens (primary N) is 1. The number of halogens is 1. The highest BCUT2D eigenvalue weighted by atomic mass is 35.5. The third-order valence-electron chi connectivity index (χ3n) is 4.40. The van der Waals surface area contributed by atoms with E-state index in [9.17, 15) is 4.79 Å². The molecule has 1 aliphatic carbocycles. The number of nitrogens with one attached hydrogen (secondary N) is 1. The Balaban J connectivity index is 0.00000200. The summed E-state index contributed by atoms with van der Waals surface area (Å²) in [6.07, 6.45) is 4.62. The first-order chi connectivity index (χ1) is 8.98. The van der Waals surface area contributed by atoms with E-state index in [1.165, 1.54) is 23.3 Å². The van der Waals surface area contributed by atoms with Gasteiger partial charge in [0, 0.05) is 16.8 Å². The van der Waals surface area contributed by atoms with E-state index >= 15 is 0 Å². The number of carbonyl (C=O) groups excluding carboxylic acids is 1. The SMILES string of the molecule is CC(C)C(C)(CN)NC(=O)c1csc2c1CCCC2.Cl. The topological polar surface area (TPSA) is 55.1 Å². The van der Waals surface area contributed by atoms with Gasteiger partial charge in [0.05, 0.1) is 11.1 Å². The molecule has 0 radical (unpaired) electrons. The standard InChI is InChI=1S/C15H24N2OS.ClH/c1-10(2)15(3,9-16)17-14(18)12-8-19-13-7-5-4-6-11(12)13;/h8,10H,4-7,9,16H2,1-3H3,(H,17,18);1H. The molecule has 0 saturated heterocycles. The van der Waals surface area contributed by atoms with E-state index in [0.717, 1.165) is 18.4 Å². The Bertz CT molecular complexity index is 472. The fraction of sp³-hybridized carbons (Fsp3) is 0.667. The van der Waals surface area contributed by atoms with Gasteiger partial charge in [0.2, 0.25) is 0 Å². The molecule has 5 heteroatoms. The largest absolute Gasteiger partial charge is 0.345 e. The van der Waals surface area contributed by atoms with Gasteiger partial charge in [0.15, 0.2) is 0 Å². The van der Waals surface area contributed by atoms with Gasteiger partial charge in [-0.2, -0.15) is 0 Å². The molecule has 0 saturated carbocycles. The maximum atomic E-state index is 12.5. The smallest absolute Gasteiger partial charge is 0.252 e. The zero-order valence-electron chi connectivity index (χ0n) is 12.5. The molecule has 1 amide bonds. The van der Waals surface area contributed by atoms with Gasteiger partial charge in [-0.1, -0.05) is 13.8 Å². The highest BCUT2D eigenvalue weighted by Gasteiger charge is 2.30. The van der Waals surface area contributed by atoms with Gasteiger partial charge in [-0.15, -0.1) is 23.7 Å². The minimum absolute atomic E-state index is 0. The lowest BCUT2D eigenvalue weighted by Gasteiger charge is -2.33. The zero-order valence-corrected chi connectivity index (χ0v) is 14.1. The van der Waals surface area contributed by atoms with Crippen molar-refractivity contribution in [2.75, 3.05) is 6.54 Å². The summed E-state index contributed by atoms with van der Waals surface area (Å²) >= 11 is 1.73. The summed E-state index contributed by atoms with van der Waals surface area (Å²) in [5.74, 6) is 0.358. The Morgan fingerprint density at radius 3 is 2.70 bits per heavy atom. The van der Waals surface area contributed by atoms with Gasteiger partial charge in [-0.25, -0.2) is 0 Å². The molecule has 0 aromatic carbocycles. The van der Waals surface area contributed by atoms with Crippen molar-refractivity contribution in [2.24, 2.45) is 11.7 Å². The van der Waals surface area contributed by atoms with Crippen molar-refractivity contribution in [1.29, 1.82) is 0 Å². The van der Waals surface area contributed by atoms with Crippen LogP contribution in [0, 0.1) is 5.92 Å². The number of aryl methyl sites for hydroxylation is 1. The monoisotopic (exact) mass is 316 g/mol. The average Bonchev–Trinajstić information content (AvgIpc) is 2.82. The Kier molecular flexibility index (Phi) is 6.05. The molecular weight excluding hydrogens is 292 g/mol.